The first-order valence-corrected chi connectivity index (χ1v) is 15.1. The van der Waals surface area contributed by atoms with Gasteiger partial charge in [-0.2, -0.15) is 0 Å². The van der Waals surface area contributed by atoms with Gasteiger partial charge in [-0.1, -0.05) is 86.8 Å². The molecule has 0 bridgehead atoms. The van der Waals surface area contributed by atoms with Gasteiger partial charge in [0.1, 0.15) is 0 Å². The normalized spacial score (nSPS) is 19.5. The van der Waals surface area contributed by atoms with E-state index in [1.54, 1.807) is 0 Å². The van der Waals surface area contributed by atoms with Crippen LogP contribution in [0.4, 0.5) is 11.4 Å². The maximum atomic E-state index is 7.03. The molecule has 0 aromatic heterocycles. The minimum Gasteiger partial charge on any atom is -0.385 e. The molecule has 0 spiro atoms. The summed E-state index contributed by atoms with van der Waals surface area (Å²) in [6, 6.07) is 13.0. The van der Waals surface area contributed by atoms with E-state index in [1.807, 2.05) is 6.07 Å². The van der Waals surface area contributed by atoms with Crippen LogP contribution in [-0.2, 0) is 10.8 Å². The predicted molar refractivity (Wildman–Crippen MR) is 173 cm³/mol. The smallest absolute Gasteiger partial charge is 0.0469 e. The summed E-state index contributed by atoms with van der Waals surface area (Å²) >= 11 is 13.4. The topological polar surface area (TPSA) is 15.3 Å². The molecule has 2 aromatic rings. The van der Waals surface area contributed by atoms with Crippen LogP contribution in [0.1, 0.15) is 83.9 Å². The van der Waals surface area contributed by atoms with Crippen LogP contribution in [0.3, 0.4) is 0 Å². The minimum absolute atomic E-state index is 0.0422. The number of likely N-dealkylation sites (N-methyl/N-ethyl adjacent to an activating group) is 1. The Labute approximate surface area is 246 Å². The third-order valence-corrected chi connectivity index (χ3v) is 9.01. The molecule has 4 heteroatoms. The zero-order chi connectivity index (χ0) is 28.4. The van der Waals surface area contributed by atoms with Gasteiger partial charge in [-0.3, -0.25) is 0 Å². The molecule has 1 aliphatic heterocycles. The lowest BCUT2D eigenvalue weighted by molar-refractivity contribution is 0.535. The lowest BCUT2D eigenvalue weighted by atomic mass is 9.80. The van der Waals surface area contributed by atoms with E-state index in [9.17, 15) is 0 Å². The van der Waals surface area contributed by atoms with E-state index in [2.05, 4.69) is 113 Å². The molecule has 0 saturated carbocycles. The summed E-state index contributed by atoms with van der Waals surface area (Å²) in [6.07, 6.45) is 13.2. The average molecular weight is 564 g/mol. The van der Waals surface area contributed by atoms with E-state index >= 15 is 0 Å². The van der Waals surface area contributed by atoms with Gasteiger partial charge in [0.15, 0.2) is 0 Å². The summed E-state index contributed by atoms with van der Waals surface area (Å²) in [7, 11) is 0. The Morgan fingerprint density at radius 2 is 1.79 bits per heavy atom. The largest absolute Gasteiger partial charge is 0.385 e. The molecule has 2 aliphatic rings. The van der Waals surface area contributed by atoms with Gasteiger partial charge in [0, 0.05) is 45.6 Å². The first-order chi connectivity index (χ1) is 18.5. The number of nitrogens with one attached hydrogen (secondary N) is 1. The minimum atomic E-state index is -0.0608. The maximum absolute atomic E-state index is 7.03. The van der Waals surface area contributed by atoms with Gasteiger partial charge >= 0.3 is 0 Å². The van der Waals surface area contributed by atoms with E-state index in [0.717, 1.165) is 54.5 Å². The van der Waals surface area contributed by atoms with Crippen LogP contribution >= 0.6 is 23.2 Å². The van der Waals surface area contributed by atoms with Gasteiger partial charge in [0.05, 0.1) is 0 Å². The highest BCUT2D eigenvalue weighted by Crippen LogP contribution is 2.48. The quantitative estimate of drug-likeness (QED) is 0.344. The monoisotopic (exact) mass is 562 g/mol. The molecular weight excluding hydrogens is 519 g/mol. The van der Waals surface area contributed by atoms with Gasteiger partial charge in [0.25, 0.3) is 0 Å². The second-order valence-electron chi connectivity index (χ2n) is 12.0. The third kappa shape index (κ3) is 6.18. The van der Waals surface area contributed by atoms with Crippen molar-refractivity contribution in [2.45, 2.75) is 85.0 Å². The van der Waals surface area contributed by atoms with Crippen LogP contribution in [0.2, 0.25) is 5.02 Å². The van der Waals surface area contributed by atoms with Crippen molar-refractivity contribution in [2.24, 2.45) is 0 Å². The number of nitrogens with zero attached hydrogens (tertiary/aromatic N) is 1. The molecule has 0 amide bonds. The molecule has 0 saturated heterocycles. The molecule has 1 heterocycles. The molecule has 0 unspecified atom stereocenters. The van der Waals surface area contributed by atoms with Gasteiger partial charge in [-0.15, -0.1) is 0 Å². The summed E-state index contributed by atoms with van der Waals surface area (Å²) in [5.74, 6) is 0. The first kappa shape index (κ1) is 29.6. The molecule has 1 aliphatic carbocycles. The summed E-state index contributed by atoms with van der Waals surface area (Å²) in [6.45, 7) is 17.6. The van der Waals surface area contributed by atoms with Gasteiger partial charge in [0.2, 0.25) is 0 Å². The van der Waals surface area contributed by atoms with Crippen molar-refractivity contribution >= 4 is 34.6 Å². The fourth-order valence-electron chi connectivity index (χ4n) is 6.04. The second-order valence-corrected chi connectivity index (χ2v) is 12.9. The molecule has 2 nitrogen and oxygen atoms in total. The molecule has 0 fully saturated rings. The zero-order valence-electron chi connectivity index (χ0n) is 24.7. The lowest BCUT2D eigenvalue weighted by Crippen LogP contribution is -2.25. The summed E-state index contributed by atoms with van der Waals surface area (Å²) in [4.78, 5) is 2.45. The highest BCUT2D eigenvalue weighted by molar-refractivity contribution is 6.32. The standard InChI is InChI=1S/C35H44Cl2N2/c1-8-38-30-18-17-27(36)23-28(30)34(4,5)21-11-14-25-12-10-13-26(33(25)37)16-20-32-35(6,7)29-22-24(3)15-19-31(29)39(32)9-2/h11,14-20,22-23,38H,8-10,12-13,21H2,1-7H3/b14-11+,26-16+,32-20+. The number of hydrogen-bond donors (Lipinski definition) is 1. The summed E-state index contributed by atoms with van der Waals surface area (Å²) < 4.78 is 0. The zero-order valence-corrected chi connectivity index (χ0v) is 26.2. The van der Waals surface area contributed by atoms with Crippen molar-refractivity contribution in [2.75, 3.05) is 23.3 Å². The Morgan fingerprint density at radius 3 is 2.51 bits per heavy atom. The number of allylic oxidation sites excluding steroid dienone is 8. The number of fused-ring (bicyclic) bond motifs is 1. The van der Waals surface area contributed by atoms with E-state index < -0.39 is 0 Å². The fourth-order valence-corrected chi connectivity index (χ4v) is 6.53. The van der Waals surface area contributed by atoms with Gasteiger partial charge in [-0.25, -0.2) is 0 Å². The number of aryl methyl sites for hydroxylation is 1. The van der Waals surface area contributed by atoms with E-state index in [0.29, 0.717) is 0 Å². The van der Waals surface area contributed by atoms with Crippen LogP contribution in [0.25, 0.3) is 0 Å². The highest BCUT2D eigenvalue weighted by atomic mass is 35.5. The van der Waals surface area contributed by atoms with Crippen molar-refractivity contribution in [3.63, 3.8) is 0 Å². The molecule has 0 radical (unpaired) electrons. The number of halogens is 2. The van der Waals surface area contributed by atoms with E-state index in [1.165, 1.54) is 39.2 Å². The van der Waals surface area contributed by atoms with Crippen LogP contribution in [0, 0.1) is 6.92 Å². The first-order valence-electron chi connectivity index (χ1n) is 14.4. The molecule has 2 aromatic carbocycles. The lowest BCUT2D eigenvalue weighted by Gasteiger charge is -2.27. The SMILES string of the molecule is CCNc1ccc(Cl)cc1C(C)(C)C/C=C/C1=C(Cl)C(=C/C=C2/N(CC)c3ccc(C)cc3C2(C)C)/CCC1. The number of anilines is 2. The molecule has 208 valence electrons. The number of rotatable bonds is 8. The van der Waals surface area contributed by atoms with Crippen molar-refractivity contribution in [1.29, 1.82) is 0 Å². The van der Waals surface area contributed by atoms with Crippen LogP contribution < -0.4 is 10.2 Å². The summed E-state index contributed by atoms with van der Waals surface area (Å²) in [5, 5.41) is 5.18. The Morgan fingerprint density at radius 1 is 1.03 bits per heavy atom. The van der Waals surface area contributed by atoms with E-state index in [-0.39, 0.29) is 10.8 Å². The molecular formula is C35H44Cl2N2. The Balaban J connectivity index is 1.58. The maximum Gasteiger partial charge on any atom is 0.0469 e. The Hall–Kier alpha value is -2.42. The Kier molecular flexibility index (Phi) is 9.08. The van der Waals surface area contributed by atoms with Crippen molar-refractivity contribution in [3.05, 3.63) is 104 Å². The number of hydrogen-bond acceptors (Lipinski definition) is 2. The molecule has 4 rings (SSSR count). The molecule has 39 heavy (non-hydrogen) atoms. The molecule has 0 atom stereocenters. The van der Waals surface area contributed by atoms with Gasteiger partial charge < -0.3 is 10.2 Å². The average Bonchev–Trinajstić information content (AvgIpc) is 3.10. The molecule has 1 N–H and O–H groups in total. The van der Waals surface area contributed by atoms with Crippen LogP contribution in [-0.4, -0.2) is 13.1 Å². The third-order valence-electron chi connectivity index (χ3n) is 8.29. The second kappa shape index (κ2) is 12.0. The van der Waals surface area contributed by atoms with Crippen molar-refractivity contribution < 1.29 is 0 Å². The van der Waals surface area contributed by atoms with Crippen LogP contribution in [0.15, 0.2) is 82.6 Å². The highest BCUT2D eigenvalue weighted by Gasteiger charge is 2.39. The number of benzene rings is 2. The van der Waals surface area contributed by atoms with Gasteiger partial charge in [-0.05, 0) is 104 Å². The van der Waals surface area contributed by atoms with Crippen LogP contribution in [0.5, 0.6) is 0 Å². The van der Waals surface area contributed by atoms with Crippen molar-refractivity contribution in [3.8, 4) is 0 Å². The summed E-state index contributed by atoms with van der Waals surface area (Å²) in [5.41, 5.74) is 10.1. The van der Waals surface area contributed by atoms with E-state index in [4.69, 9.17) is 23.2 Å². The Bertz CT molecular complexity index is 1340. The van der Waals surface area contributed by atoms with Crippen molar-refractivity contribution in [1.82, 2.24) is 0 Å². The fraction of sp³-hybridized carbons (Fsp3) is 0.429. The predicted octanol–water partition coefficient (Wildman–Crippen LogP) is 10.6.